The number of pyridine rings is 2. The lowest BCUT2D eigenvalue weighted by atomic mass is 9.80. The number of nitrogens with zero attached hydrogens (tertiary/aromatic N) is 5. The zero-order chi connectivity index (χ0) is 39.8. The van der Waals surface area contributed by atoms with Crippen LogP contribution in [0.15, 0.2) is 144 Å². The van der Waals surface area contributed by atoms with Gasteiger partial charge >= 0.3 is 7.05 Å². The summed E-state index contributed by atoms with van der Waals surface area (Å²) >= 11 is 0. The Balaban J connectivity index is 0.000000175. The van der Waals surface area contributed by atoms with Gasteiger partial charge < -0.3 is 15.2 Å². The number of anilines is 2. The van der Waals surface area contributed by atoms with Gasteiger partial charge in [0.1, 0.15) is 9.79 Å². The first-order valence-corrected chi connectivity index (χ1v) is 22.5. The van der Waals surface area contributed by atoms with Crippen molar-refractivity contribution >= 4 is 60.3 Å². The van der Waals surface area contributed by atoms with Gasteiger partial charge in [0.2, 0.25) is 0 Å². The van der Waals surface area contributed by atoms with E-state index in [-0.39, 0.29) is 21.6 Å². The SMILES string of the molecule is CB(O)N1CCCC(CN(c2ccccc2)S(=O)(=O)c2cccc3cccnc23)C1.O=S(=O)(c1cccc2cccnc12)N(CC1CCCNC1)c1ccccc1. The quantitative estimate of drug-likeness (QED) is 0.138. The van der Waals surface area contributed by atoms with E-state index >= 15 is 0 Å². The standard InChI is InChI=1S/C22H26BN3O3S.C21H23N3O2S/c1-23(27)25-15-7-8-18(16-25)17-26(20-11-3-2-4-12-20)30(28,29)21-13-5-9-19-10-6-14-24-22(19)21;25-27(26,20-12-4-8-18-9-6-14-23-21(18)20)24(19-10-2-1-3-11-19)16-17-7-5-13-22-15-17/h2-6,9-14,18,27H,7-8,15-17H2,1H3;1-4,6,8-12,14,17,22H,5,7,13,15-16H2. The fraction of sp³-hybridized carbons (Fsp3) is 0.302. The summed E-state index contributed by atoms with van der Waals surface area (Å²) in [6.45, 7) is 5.93. The Morgan fingerprint density at radius 3 is 1.65 bits per heavy atom. The van der Waals surface area contributed by atoms with Crippen molar-refractivity contribution in [3.63, 3.8) is 0 Å². The molecule has 2 atom stereocenters. The Labute approximate surface area is 336 Å². The molecule has 0 radical (unpaired) electrons. The van der Waals surface area contributed by atoms with Crippen molar-refractivity contribution in [2.45, 2.75) is 42.3 Å². The molecule has 6 aromatic rings. The summed E-state index contributed by atoms with van der Waals surface area (Å²) in [6.07, 6.45) is 7.22. The van der Waals surface area contributed by atoms with E-state index in [1.807, 2.05) is 95.8 Å². The predicted octanol–water partition coefficient (Wildman–Crippen LogP) is 6.68. The van der Waals surface area contributed by atoms with Crippen molar-refractivity contribution in [3.8, 4) is 0 Å². The Bertz CT molecular complexity index is 2460. The lowest BCUT2D eigenvalue weighted by Gasteiger charge is -2.36. The van der Waals surface area contributed by atoms with Crippen LogP contribution in [0.4, 0.5) is 11.4 Å². The van der Waals surface area contributed by atoms with E-state index in [0.717, 1.165) is 56.1 Å². The van der Waals surface area contributed by atoms with Crippen molar-refractivity contribution in [2.24, 2.45) is 11.8 Å². The Morgan fingerprint density at radius 2 is 1.16 bits per heavy atom. The molecule has 4 aromatic carbocycles. The van der Waals surface area contributed by atoms with Gasteiger partial charge in [-0.2, -0.15) is 0 Å². The number of sulfonamides is 2. The summed E-state index contributed by atoms with van der Waals surface area (Å²) in [4.78, 5) is 11.2. The van der Waals surface area contributed by atoms with Crippen LogP contribution in [0.2, 0.25) is 6.82 Å². The van der Waals surface area contributed by atoms with Gasteiger partial charge in [-0.15, -0.1) is 0 Å². The molecule has 0 spiro atoms. The average Bonchev–Trinajstić information content (AvgIpc) is 3.25. The van der Waals surface area contributed by atoms with Crippen LogP contribution in [0, 0.1) is 11.8 Å². The fourth-order valence-electron chi connectivity index (χ4n) is 7.81. The number of hydrogen-bond donors (Lipinski definition) is 2. The first-order chi connectivity index (χ1) is 27.6. The summed E-state index contributed by atoms with van der Waals surface area (Å²) in [6, 6.07) is 36.5. The highest BCUT2D eigenvalue weighted by Crippen LogP contribution is 2.32. The van der Waals surface area contributed by atoms with Crippen molar-refractivity contribution in [3.05, 3.63) is 134 Å². The second-order valence-corrected chi connectivity index (χ2v) is 18.4. The zero-order valence-electron chi connectivity index (χ0n) is 32.1. The van der Waals surface area contributed by atoms with E-state index in [9.17, 15) is 21.9 Å². The van der Waals surface area contributed by atoms with Gasteiger partial charge in [0.25, 0.3) is 20.0 Å². The van der Waals surface area contributed by atoms with Crippen LogP contribution >= 0.6 is 0 Å². The number of aromatic nitrogens is 2. The van der Waals surface area contributed by atoms with Gasteiger partial charge in [-0.25, -0.2) is 16.8 Å². The third-order valence-electron chi connectivity index (χ3n) is 10.7. The lowest BCUT2D eigenvalue weighted by molar-refractivity contribution is 0.247. The number of para-hydroxylation sites is 4. The monoisotopic (exact) mass is 804 g/mol. The van der Waals surface area contributed by atoms with E-state index in [2.05, 4.69) is 15.3 Å². The first-order valence-electron chi connectivity index (χ1n) is 19.6. The van der Waals surface area contributed by atoms with Crippen molar-refractivity contribution in [1.82, 2.24) is 20.1 Å². The number of hydrogen-bond acceptors (Lipinski definition) is 9. The van der Waals surface area contributed by atoms with Gasteiger partial charge in [-0.1, -0.05) is 72.8 Å². The minimum atomic E-state index is -3.83. The highest BCUT2D eigenvalue weighted by Gasteiger charge is 2.33. The molecule has 11 nitrogen and oxygen atoms in total. The molecule has 2 aliphatic rings. The topological polar surface area (TPSA) is 136 Å². The molecule has 14 heteroatoms. The predicted molar refractivity (Wildman–Crippen MR) is 229 cm³/mol. The summed E-state index contributed by atoms with van der Waals surface area (Å²) < 4.78 is 58.1. The molecule has 57 heavy (non-hydrogen) atoms. The van der Waals surface area contributed by atoms with Crippen LogP contribution in [-0.4, -0.2) is 83.0 Å². The molecule has 2 saturated heterocycles. The fourth-order valence-corrected chi connectivity index (χ4v) is 11.2. The van der Waals surface area contributed by atoms with Gasteiger partial charge in [0, 0.05) is 36.3 Å². The normalized spacial score (nSPS) is 17.7. The van der Waals surface area contributed by atoms with E-state index in [0.29, 0.717) is 42.0 Å². The Morgan fingerprint density at radius 1 is 0.667 bits per heavy atom. The molecule has 2 N–H and O–H groups in total. The molecule has 2 unspecified atom stereocenters. The minimum absolute atomic E-state index is 0.131. The molecular weight excluding hydrogens is 755 g/mol. The van der Waals surface area contributed by atoms with E-state index in [4.69, 9.17) is 0 Å². The molecule has 0 saturated carbocycles. The molecule has 296 valence electrons. The molecule has 2 aliphatic heterocycles. The maximum Gasteiger partial charge on any atom is 0.376 e. The second kappa shape index (κ2) is 18.2. The smallest absolute Gasteiger partial charge is 0.376 e. The third-order valence-corrected chi connectivity index (χ3v) is 14.4. The zero-order valence-corrected chi connectivity index (χ0v) is 33.8. The van der Waals surface area contributed by atoms with E-state index < -0.39 is 27.1 Å². The van der Waals surface area contributed by atoms with Crippen molar-refractivity contribution in [2.75, 3.05) is 47.9 Å². The van der Waals surface area contributed by atoms with Gasteiger partial charge in [-0.3, -0.25) is 18.6 Å². The molecule has 0 amide bonds. The van der Waals surface area contributed by atoms with Gasteiger partial charge in [0.05, 0.1) is 22.4 Å². The maximum atomic E-state index is 13.9. The van der Waals surface area contributed by atoms with Crippen LogP contribution in [0.5, 0.6) is 0 Å². The van der Waals surface area contributed by atoms with Crippen LogP contribution in [0.25, 0.3) is 21.8 Å². The van der Waals surface area contributed by atoms with Gasteiger partial charge in [0.15, 0.2) is 0 Å². The molecular formula is C43H49BN6O5S2. The molecule has 0 aliphatic carbocycles. The number of rotatable bonds is 11. The highest BCUT2D eigenvalue weighted by molar-refractivity contribution is 7.93. The maximum absolute atomic E-state index is 13.9. The van der Waals surface area contributed by atoms with E-state index in [1.165, 1.54) is 4.31 Å². The van der Waals surface area contributed by atoms with Crippen LogP contribution in [0.1, 0.15) is 25.7 Å². The summed E-state index contributed by atoms with van der Waals surface area (Å²) in [5, 5.41) is 15.0. The minimum Gasteiger partial charge on any atom is -0.437 e. The van der Waals surface area contributed by atoms with Crippen LogP contribution in [-0.2, 0) is 20.0 Å². The summed E-state index contributed by atoms with van der Waals surface area (Å²) in [5.41, 5.74) is 2.33. The van der Waals surface area contributed by atoms with Crippen molar-refractivity contribution < 1.29 is 21.9 Å². The second-order valence-electron chi connectivity index (χ2n) is 14.8. The largest absolute Gasteiger partial charge is 0.437 e. The third kappa shape index (κ3) is 9.32. The highest BCUT2D eigenvalue weighted by atomic mass is 32.2. The lowest BCUT2D eigenvalue weighted by Crippen LogP contribution is -2.47. The summed E-state index contributed by atoms with van der Waals surface area (Å²) in [5.74, 6) is 0.419. The van der Waals surface area contributed by atoms with Crippen LogP contribution in [0.3, 0.4) is 0 Å². The number of fused-ring (bicyclic) bond motifs is 2. The van der Waals surface area contributed by atoms with Gasteiger partial charge in [-0.05, 0) is 119 Å². The van der Waals surface area contributed by atoms with E-state index in [1.54, 1.807) is 53.9 Å². The molecule has 2 fully saturated rings. The van der Waals surface area contributed by atoms with Crippen molar-refractivity contribution in [1.29, 1.82) is 0 Å². The molecule has 4 heterocycles. The number of nitrogens with one attached hydrogen (secondary N) is 1. The molecule has 0 bridgehead atoms. The Hall–Kier alpha value is -4.86. The summed E-state index contributed by atoms with van der Waals surface area (Å²) in [7, 11) is -8.10. The van der Waals surface area contributed by atoms with Crippen LogP contribution < -0.4 is 13.9 Å². The first kappa shape index (κ1) is 40.3. The average molecular weight is 805 g/mol. The molecule has 8 rings (SSSR count). The number of piperidine rings is 2. The molecule has 2 aromatic heterocycles. The Kier molecular flexibility index (Phi) is 12.9. The number of benzene rings is 4.